The molecule has 0 spiro atoms. The van der Waals surface area contributed by atoms with Gasteiger partial charge in [-0.15, -0.1) is 0 Å². The molecule has 0 aliphatic heterocycles. The molecule has 0 aliphatic carbocycles. The van der Waals surface area contributed by atoms with Gasteiger partial charge < -0.3 is 29.8 Å². The largest absolute Gasteiger partial charge is 2.00 e. The quantitative estimate of drug-likeness (QED) is 0.271. The van der Waals surface area contributed by atoms with Gasteiger partial charge in [-0.3, -0.25) is 7.32 Å². The van der Waals surface area contributed by atoms with E-state index in [9.17, 15) is 0 Å². The Kier molecular flexibility index (Phi) is 23.1. The first-order valence-electron chi connectivity index (χ1n) is 1.49. The van der Waals surface area contributed by atoms with Gasteiger partial charge in [0, 0.05) is 0 Å². The predicted molar refractivity (Wildman–Crippen MR) is 20.0 cm³/mol. The van der Waals surface area contributed by atoms with E-state index in [0.29, 0.717) is 0 Å². The molecule has 3 N–H and O–H groups in total. The van der Waals surface area contributed by atoms with E-state index >= 15 is 0 Å². The number of hydrogen-bond acceptors (Lipinski definition) is 4. The Morgan fingerprint density at radius 3 is 1.09 bits per heavy atom. The average molecular weight is 220 g/mol. The summed E-state index contributed by atoms with van der Waals surface area (Å²) in [4.78, 5) is 21.6. The van der Waals surface area contributed by atoms with Crippen molar-refractivity contribution in [3.05, 3.63) is 0 Å². The van der Waals surface area contributed by atoms with Crippen molar-refractivity contribution in [3.63, 3.8) is 0 Å². The molecule has 0 aromatic carbocycles. The molecule has 0 amide bonds. The summed E-state index contributed by atoms with van der Waals surface area (Å²) in [6.07, 6.45) is 0. The molecule has 0 atom stereocenters. The van der Waals surface area contributed by atoms with Crippen molar-refractivity contribution in [1.82, 2.24) is 0 Å². The summed E-state index contributed by atoms with van der Waals surface area (Å²) in [7, 11) is -7.56. The maximum Gasteiger partial charge on any atom is 2.00 e. The standard InChI is InChI=1S/BO3.Fe.Li.H3O4P/c2-1(3)4;;;1-5(2,3)4/h;;;(H3,1,2,3,4)/q-3;+2;+1;. The molecule has 62 valence electrons. The van der Waals surface area contributed by atoms with Gasteiger partial charge in [0.25, 0.3) is 0 Å². The van der Waals surface area contributed by atoms with E-state index < -0.39 is 15.1 Å². The molecule has 0 saturated heterocycles. The minimum atomic E-state index is -4.64. The Morgan fingerprint density at radius 1 is 1.09 bits per heavy atom. The van der Waals surface area contributed by atoms with Crippen molar-refractivity contribution >= 4 is 15.1 Å². The van der Waals surface area contributed by atoms with Crippen molar-refractivity contribution < 1.29 is 70.2 Å². The van der Waals surface area contributed by atoms with Crippen LogP contribution in [0.15, 0.2) is 0 Å². The van der Waals surface area contributed by atoms with E-state index in [-0.39, 0.29) is 35.9 Å². The Morgan fingerprint density at radius 2 is 1.09 bits per heavy atom. The Labute approximate surface area is 85.5 Å². The zero-order valence-corrected chi connectivity index (χ0v) is 7.35. The molecule has 0 aromatic rings. The molecule has 0 aliphatic rings. The molecule has 11 heteroatoms. The van der Waals surface area contributed by atoms with E-state index in [0.717, 1.165) is 0 Å². The molecular weight excluding hydrogens is 217 g/mol. The normalized spacial score (nSPS) is 7.82. The van der Waals surface area contributed by atoms with E-state index in [2.05, 4.69) is 0 Å². The van der Waals surface area contributed by atoms with Gasteiger partial charge in [-0.1, -0.05) is 0 Å². The third-order valence-electron chi connectivity index (χ3n) is 0. The minimum absolute atomic E-state index is 0. The maximum absolute atomic E-state index is 8.88. The van der Waals surface area contributed by atoms with Gasteiger partial charge in [-0.25, -0.2) is 4.57 Å². The first kappa shape index (κ1) is 22.7. The fourth-order valence-electron chi connectivity index (χ4n) is 0. The van der Waals surface area contributed by atoms with Gasteiger partial charge in [0.2, 0.25) is 0 Å². The van der Waals surface area contributed by atoms with Crippen LogP contribution in [0, 0.1) is 0 Å². The second-order valence-electron chi connectivity index (χ2n) is 0.802. The van der Waals surface area contributed by atoms with Crippen LogP contribution in [0.3, 0.4) is 0 Å². The van der Waals surface area contributed by atoms with Crippen LogP contribution in [0.5, 0.6) is 0 Å². The van der Waals surface area contributed by atoms with Crippen LogP contribution in [-0.4, -0.2) is 22.0 Å². The van der Waals surface area contributed by atoms with Gasteiger partial charge in [0.1, 0.15) is 0 Å². The monoisotopic (exact) mass is 220 g/mol. The summed E-state index contributed by atoms with van der Waals surface area (Å²) in [6.45, 7) is 0. The van der Waals surface area contributed by atoms with Gasteiger partial charge >= 0.3 is 43.8 Å². The van der Waals surface area contributed by atoms with Gasteiger partial charge in [-0.05, 0) is 0 Å². The fourth-order valence-corrected chi connectivity index (χ4v) is 0. The third kappa shape index (κ3) is 684. The van der Waals surface area contributed by atoms with Crippen LogP contribution in [0.25, 0.3) is 0 Å². The van der Waals surface area contributed by atoms with Crippen molar-refractivity contribution in [1.29, 1.82) is 0 Å². The van der Waals surface area contributed by atoms with Crippen molar-refractivity contribution in [3.8, 4) is 0 Å². The van der Waals surface area contributed by atoms with E-state index in [4.69, 9.17) is 34.3 Å². The Bertz CT molecular complexity index is 89.6. The number of phosphoric acid groups is 1. The SMILES string of the molecule is O=P(O)(O)O.[Fe+2].[Li+].[O-]B([O-])[O-]. The zero-order chi connectivity index (χ0) is 8.08. The van der Waals surface area contributed by atoms with Crippen molar-refractivity contribution in [2.24, 2.45) is 0 Å². The van der Waals surface area contributed by atoms with Crippen molar-refractivity contribution in [2.75, 3.05) is 0 Å². The summed E-state index contributed by atoms with van der Waals surface area (Å²) >= 11 is 0. The van der Waals surface area contributed by atoms with E-state index in [1.165, 1.54) is 0 Å². The van der Waals surface area contributed by atoms with Crippen LogP contribution < -0.4 is 33.9 Å². The van der Waals surface area contributed by atoms with E-state index in [1.54, 1.807) is 0 Å². The van der Waals surface area contributed by atoms with E-state index in [1.807, 2.05) is 0 Å². The second kappa shape index (κ2) is 11.2. The smallest absolute Gasteiger partial charge is 0.907 e. The van der Waals surface area contributed by atoms with Crippen LogP contribution in [0.1, 0.15) is 0 Å². The minimum Gasteiger partial charge on any atom is -0.907 e. The molecule has 0 rings (SSSR count). The predicted octanol–water partition coefficient (Wildman–Crippen LogP) is -7.87. The molecule has 0 unspecified atom stereocenters. The summed E-state index contributed by atoms with van der Waals surface area (Å²) < 4.78 is 8.88. The molecule has 0 radical (unpaired) electrons. The van der Waals surface area contributed by atoms with Gasteiger partial charge in [-0.2, -0.15) is 0 Å². The maximum atomic E-state index is 8.88. The molecule has 11 heavy (non-hydrogen) atoms. The van der Waals surface area contributed by atoms with Gasteiger partial charge in [0.05, 0.1) is 0 Å². The fraction of sp³-hybridized carbons (Fsp3) is 0. The van der Waals surface area contributed by atoms with Crippen LogP contribution in [-0.2, 0) is 21.6 Å². The molecule has 7 nitrogen and oxygen atoms in total. The topological polar surface area (TPSA) is 147 Å². The molecule has 0 aromatic heterocycles. The van der Waals surface area contributed by atoms with Gasteiger partial charge in [0.15, 0.2) is 0 Å². The molecule has 0 heterocycles. The van der Waals surface area contributed by atoms with Crippen LogP contribution in [0.2, 0.25) is 0 Å². The van der Waals surface area contributed by atoms with Crippen LogP contribution in [0.4, 0.5) is 0 Å². The molecule has 0 bridgehead atoms. The van der Waals surface area contributed by atoms with Crippen molar-refractivity contribution in [2.45, 2.75) is 0 Å². The average Bonchev–Trinajstić information content (AvgIpc) is 1.19. The molecule has 0 fully saturated rings. The summed E-state index contributed by atoms with van der Waals surface area (Å²) in [6, 6.07) is 0. The molecular formula is H3BFeLiO7P. The first-order chi connectivity index (χ1) is 3.73. The third-order valence-corrected chi connectivity index (χ3v) is 0. The summed E-state index contributed by atoms with van der Waals surface area (Å²) in [5.74, 6) is 0. The Balaban J connectivity index is -0.0000000383. The zero-order valence-electron chi connectivity index (χ0n) is 5.35. The second-order valence-corrected chi connectivity index (χ2v) is 1.83. The first-order valence-corrected chi connectivity index (χ1v) is 3.05. The summed E-state index contributed by atoms with van der Waals surface area (Å²) in [5.41, 5.74) is 0. The number of hydrogen-bond donors (Lipinski definition) is 3. The molecule has 0 saturated carbocycles. The van der Waals surface area contributed by atoms with Crippen LogP contribution >= 0.6 is 7.82 Å². The number of rotatable bonds is 0. The Hall–Kier alpha value is 1.17. The summed E-state index contributed by atoms with van der Waals surface area (Å²) in [5, 5.41) is 25.2.